The number of nitrogens with zero attached hydrogens (tertiary/aromatic N) is 1. The normalized spacial score (nSPS) is 42.0. The first kappa shape index (κ1) is 22.6. The van der Waals surface area contributed by atoms with Crippen LogP contribution in [0.1, 0.15) is 72.0 Å². The van der Waals surface area contributed by atoms with Crippen LogP contribution in [0.5, 0.6) is 5.75 Å². The minimum atomic E-state index is -1.07. The molecule has 2 saturated carbocycles. The fraction of sp³-hybridized carbons (Fsp3) is 0.630. The van der Waals surface area contributed by atoms with Crippen LogP contribution in [0.4, 0.5) is 0 Å². The monoisotopic (exact) mass is 453 g/mol. The van der Waals surface area contributed by atoms with Gasteiger partial charge in [0, 0.05) is 29.9 Å². The molecule has 0 aromatic carbocycles. The molecule has 2 aliphatic carbocycles. The number of fused-ring (bicyclic) bond motifs is 4. The number of aliphatic hydroxyl groups is 2. The number of pyridine rings is 1. The lowest BCUT2D eigenvalue weighted by atomic mass is 9.41. The third-order valence-electron chi connectivity index (χ3n) is 9.88. The predicted molar refractivity (Wildman–Crippen MR) is 125 cm³/mol. The number of rotatable bonds is 2. The second kappa shape index (κ2) is 7.41. The highest BCUT2D eigenvalue weighted by Crippen LogP contribution is 2.68. The summed E-state index contributed by atoms with van der Waals surface area (Å²) in [6.07, 6.45) is 5.04. The predicted octanol–water partition coefficient (Wildman–Crippen LogP) is 4.74. The lowest BCUT2D eigenvalue weighted by Gasteiger charge is -2.67. The Morgan fingerprint density at radius 1 is 1.24 bits per heavy atom. The lowest BCUT2D eigenvalue weighted by molar-refractivity contribution is -0.253. The Bertz CT molecular complexity index is 1120. The molecule has 178 valence electrons. The summed E-state index contributed by atoms with van der Waals surface area (Å²) in [5.74, 6) is 0.948. The number of aromatic nitrogens is 1. The maximum absolute atomic E-state index is 13.1. The first-order valence-electron chi connectivity index (χ1n) is 12.2. The molecule has 0 amide bonds. The van der Waals surface area contributed by atoms with E-state index in [1.165, 1.54) is 0 Å². The SMILES string of the molecule is CC[C@@]1(C)C2C[C@H](O)[C@@]3(C)Oc4cc(-c5cccnc5)oc(=O)c4C(O)C3[C@@]2(C)CC[C@@H]1C. The van der Waals surface area contributed by atoms with Crippen molar-refractivity contribution in [3.63, 3.8) is 0 Å². The van der Waals surface area contributed by atoms with Crippen LogP contribution in [0.15, 0.2) is 39.8 Å². The van der Waals surface area contributed by atoms with Crippen LogP contribution < -0.4 is 10.4 Å². The topological polar surface area (TPSA) is 92.8 Å². The van der Waals surface area contributed by atoms with E-state index in [1.54, 1.807) is 30.6 Å². The second-order valence-electron chi connectivity index (χ2n) is 11.2. The molecule has 3 unspecified atom stereocenters. The van der Waals surface area contributed by atoms with E-state index < -0.39 is 29.4 Å². The van der Waals surface area contributed by atoms with E-state index in [1.807, 2.05) is 6.92 Å². The van der Waals surface area contributed by atoms with E-state index in [0.717, 1.165) is 19.3 Å². The van der Waals surface area contributed by atoms with Gasteiger partial charge in [0.05, 0.1) is 12.2 Å². The summed E-state index contributed by atoms with van der Waals surface area (Å²) in [5, 5.41) is 23.2. The van der Waals surface area contributed by atoms with E-state index in [9.17, 15) is 15.0 Å². The second-order valence-corrected chi connectivity index (χ2v) is 11.2. The Kier molecular flexibility index (Phi) is 5.07. The summed E-state index contributed by atoms with van der Waals surface area (Å²) in [6.45, 7) is 11.0. The highest BCUT2D eigenvalue weighted by atomic mass is 16.5. The van der Waals surface area contributed by atoms with E-state index in [0.29, 0.717) is 29.4 Å². The minimum Gasteiger partial charge on any atom is -0.484 e. The Morgan fingerprint density at radius 2 is 2.00 bits per heavy atom. The molecule has 3 aliphatic rings. The summed E-state index contributed by atoms with van der Waals surface area (Å²) in [6, 6.07) is 5.22. The van der Waals surface area contributed by atoms with Gasteiger partial charge < -0.3 is 19.4 Å². The zero-order chi connectivity index (χ0) is 23.8. The Labute approximate surface area is 195 Å². The lowest BCUT2D eigenvalue weighted by Crippen LogP contribution is -2.69. The zero-order valence-electron chi connectivity index (χ0n) is 20.2. The number of hydrogen-bond donors (Lipinski definition) is 2. The van der Waals surface area contributed by atoms with Crippen LogP contribution >= 0.6 is 0 Å². The maximum Gasteiger partial charge on any atom is 0.345 e. The molecule has 6 heteroatoms. The molecule has 2 fully saturated rings. The van der Waals surface area contributed by atoms with Crippen molar-refractivity contribution in [2.45, 2.75) is 78.1 Å². The van der Waals surface area contributed by atoms with E-state index in [-0.39, 0.29) is 22.3 Å². The van der Waals surface area contributed by atoms with Crippen LogP contribution in [0, 0.1) is 28.6 Å². The molecule has 0 radical (unpaired) electrons. The third kappa shape index (κ3) is 2.99. The fourth-order valence-electron chi connectivity index (χ4n) is 7.65. The van der Waals surface area contributed by atoms with Crippen molar-refractivity contribution in [2.24, 2.45) is 28.6 Å². The molecule has 6 nitrogen and oxygen atoms in total. The molecular weight excluding hydrogens is 418 g/mol. The average Bonchev–Trinajstić information content (AvgIpc) is 2.78. The molecule has 3 heterocycles. The van der Waals surface area contributed by atoms with Crippen molar-refractivity contribution in [3.05, 3.63) is 46.6 Å². The largest absolute Gasteiger partial charge is 0.484 e. The molecule has 0 spiro atoms. The van der Waals surface area contributed by atoms with Crippen LogP contribution in [-0.2, 0) is 0 Å². The van der Waals surface area contributed by atoms with Gasteiger partial charge in [-0.1, -0.05) is 34.1 Å². The molecule has 8 atom stereocenters. The molecule has 1 aliphatic heterocycles. The quantitative estimate of drug-likeness (QED) is 0.683. The Hall–Kier alpha value is -2.18. The van der Waals surface area contributed by atoms with Gasteiger partial charge in [0.1, 0.15) is 22.7 Å². The van der Waals surface area contributed by atoms with E-state index >= 15 is 0 Å². The molecule has 2 N–H and O–H groups in total. The van der Waals surface area contributed by atoms with Gasteiger partial charge in [-0.3, -0.25) is 4.98 Å². The van der Waals surface area contributed by atoms with Gasteiger partial charge in [-0.2, -0.15) is 0 Å². The van der Waals surface area contributed by atoms with Crippen molar-refractivity contribution >= 4 is 0 Å². The smallest absolute Gasteiger partial charge is 0.345 e. The summed E-state index contributed by atoms with van der Waals surface area (Å²) in [7, 11) is 0. The molecule has 33 heavy (non-hydrogen) atoms. The summed E-state index contributed by atoms with van der Waals surface area (Å²) < 4.78 is 12.1. The molecule has 5 rings (SSSR count). The van der Waals surface area contributed by atoms with Gasteiger partial charge >= 0.3 is 5.63 Å². The van der Waals surface area contributed by atoms with Crippen molar-refractivity contribution in [1.29, 1.82) is 0 Å². The first-order chi connectivity index (χ1) is 15.6. The molecule has 2 aromatic heterocycles. The van der Waals surface area contributed by atoms with Crippen LogP contribution in [0.25, 0.3) is 11.3 Å². The number of ether oxygens (including phenoxy) is 1. The summed E-state index contributed by atoms with van der Waals surface area (Å²) >= 11 is 0. The summed E-state index contributed by atoms with van der Waals surface area (Å²) in [5.41, 5.74) is -1.02. The van der Waals surface area contributed by atoms with Crippen molar-refractivity contribution in [2.75, 3.05) is 0 Å². The highest BCUT2D eigenvalue weighted by Gasteiger charge is 2.68. The van der Waals surface area contributed by atoms with Crippen LogP contribution in [0.3, 0.4) is 0 Å². The van der Waals surface area contributed by atoms with Gasteiger partial charge in [0.2, 0.25) is 0 Å². The van der Waals surface area contributed by atoms with Crippen molar-refractivity contribution in [1.82, 2.24) is 4.98 Å². The van der Waals surface area contributed by atoms with E-state index in [4.69, 9.17) is 9.15 Å². The van der Waals surface area contributed by atoms with Gasteiger partial charge in [-0.15, -0.1) is 0 Å². The zero-order valence-corrected chi connectivity index (χ0v) is 20.2. The number of hydrogen-bond acceptors (Lipinski definition) is 6. The Morgan fingerprint density at radius 3 is 2.67 bits per heavy atom. The van der Waals surface area contributed by atoms with Crippen molar-refractivity contribution < 1.29 is 19.4 Å². The standard InChI is InChI=1S/C27H35NO5/c1-6-25(3)15(2)9-10-26(4)19(25)13-20(29)27(5)23(26)22(30)21-18(33-27)12-17(32-24(21)31)16-8-7-11-28-14-16/h7-8,11-12,14-15,19-20,22-23,29-30H,6,9-10,13H2,1-5H3/t15-,19?,20-,22?,23?,25+,26-,27+/m0/s1. The highest BCUT2D eigenvalue weighted by molar-refractivity contribution is 5.59. The third-order valence-corrected chi connectivity index (χ3v) is 9.88. The van der Waals surface area contributed by atoms with Gasteiger partial charge in [-0.25, -0.2) is 4.79 Å². The molecule has 0 bridgehead atoms. The van der Waals surface area contributed by atoms with Crippen molar-refractivity contribution in [3.8, 4) is 17.1 Å². The number of aliphatic hydroxyl groups excluding tert-OH is 2. The fourth-order valence-corrected chi connectivity index (χ4v) is 7.65. The minimum absolute atomic E-state index is 0.0458. The van der Waals surface area contributed by atoms with Crippen LogP contribution in [0.2, 0.25) is 0 Å². The average molecular weight is 454 g/mol. The van der Waals surface area contributed by atoms with E-state index in [2.05, 4.69) is 32.7 Å². The maximum atomic E-state index is 13.1. The first-order valence-corrected chi connectivity index (χ1v) is 12.2. The van der Waals surface area contributed by atoms with Gasteiger partial charge in [0.15, 0.2) is 0 Å². The molecule has 0 saturated heterocycles. The molecule has 2 aromatic rings. The van der Waals surface area contributed by atoms with Gasteiger partial charge in [0.25, 0.3) is 0 Å². The summed E-state index contributed by atoms with van der Waals surface area (Å²) in [4.78, 5) is 17.2. The molecular formula is C27H35NO5. The van der Waals surface area contributed by atoms with Crippen LogP contribution in [-0.4, -0.2) is 26.9 Å². The van der Waals surface area contributed by atoms with Gasteiger partial charge in [-0.05, 0) is 61.0 Å². The Balaban J connectivity index is 1.65.